The lowest BCUT2D eigenvalue weighted by Crippen LogP contribution is -2.32. The summed E-state index contributed by atoms with van der Waals surface area (Å²) in [5.41, 5.74) is 0.785. The van der Waals surface area contributed by atoms with Crippen LogP contribution in [0.25, 0.3) is 10.9 Å². The lowest BCUT2D eigenvalue weighted by Gasteiger charge is -2.14. The third kappa shape index (κ3) is 4.90. The van der Waals surface area contributed by atoms with E-state index in [0.717, 1.165) is 10.9 Å². The van der Waals surface area contributed by atoms with Crippen LogP contribution in [0.15, 0.2) is 24.3 Å². The first-order valence-corrected chi connectivity index (χ1v) is 7.85. The summed E-state index contributed by atoms with van der Waals surface area (Å²) in [6.07, 6.45) is 0. The van der Waals surface area contributed by atoms with E-state index in [9.17, 15) is 14.4 Å². The molecule has 0 atom stereocenters. The maximum absolute atomic E-state index is 12.3. The van der Waals surface area contributed by atoms with E-state index in [1.54, 1.807) is 24.3 Å². The molecule has 0 saturated heterocycles. The molecule has 2 aromatic rings. The van der Waals surface area contributed by atoms with Crippen molar-refractivity contribution in [2.75, 3.05) is 20.1 Å². The molecule has 134 valence electrons. The predicted molar refractivity (Wildman–Crippen MR) is 92.9 cm³/mol. The van der Waals surface area contributed by atoms with E-state index in [1.165, 1.54) is 11.9 Å². The van der Waals surface area contributed by atoms with Crippen LogP contribution in [-0.4, -0.2) is 52.8 Å². The Kier molecular flexibility index (Phi) is 5.27. The first-order valence-electron chi connectivity index (χ1n) is 7.85. The average Bonchev–Trinajstić information content (AvgIpc) is 2.87. The smallest absolute Gasteiger partial charge is 0.325 e. The number of rotatable bonds is 6. The zero-order chi connectivity index (χ0) is 18.8. The number of nitrogens with zero attached hydrogens (tertiary/aromatic N) is 1. The summed E-state index contributed by atoms with van der Waals surface area (Å²) in [7, 11) is 1.52. The summed E-state index contributed by atoms with van der Waals surface area (Å²) in [5.74, 6) is -1.22. The molecular formula is C18H22N2O5. The second-order valence-electron chi connectivity index (χ2n) is 7.05. The second kappa shape index (κ2) is 7.06. The van der Waals surface area contributed by atoms with E-state index in [-0.39, 0.29) is 18.9 Å². The van der Waals surface area contributed by atoms with Crippen molar-refractivity contribution in [3.63, 3.8) is 0 Å². The van der Waals surface area contributed by atoms with Crippen LogP contribution in [0.3, 0.4) is 0 Å². The van der Waals surface area contributed by atoms with Gasteiger partial charge in [-0.1, -0.05) is 20.8 Å². The van der Waals surface area contributed by atoms with Gasteiger partial charge in [-0.3, -0.25) is 19.3 Å². The fourth-order valence-electron chi connectivity index (χ4n) is 2.37. The van der Waals surface area contributed by atoms with Crippen LogP contribution in [0.2, 0.25) is 0 Å². The first-order chi connectivity index (χ1) is 11.6. The van der Waals surface area contributed by atoms with E-state index in [0.29, 0.717) is 11.4 Å². The minimum Gasteiger partial charge on any atom is -0.480 e. The minimum atomic E-state index is -1.01. The zero-order valence-corrected chi connectivity index (χ0v) is 14.8. The molecule has 2 N–H and O–H groups in total. The number of aliphatic carboxylic acids is 1. The Morgan fingerprint density at radius 3 is 2.44 bits per heavy atom. The number of fused-ring (bicyclic) bond motifs is 1. The summed E-state index contributed by atoms with van der Waals surface area (Å²) in [4.78, 5) is 39.2. The Hall–Kier alpha value is -2.67. The van der Waals surface area contributed by atoms with Gasteiger partial charge in [-0.2, -0.15) is 0 Å². The maximum atomic E-state index is 12.3. The van der Waals surface area contributed by atoms with Gasteiger partial charge in [0.2, 0.25) is 0 Å². The highest BCUT2D eigenvalue weighted by atomic mass is 16.5. The average molecular weight is 346 g/mol. The summed E-state index contributed by atoms with van der Waals surface area (Å²) in [6, 6.07) is 6.76. The number of H-pyrrole nitrogens is 1. The van der Waals surface area contributed by atoms with Crippen molar-refractivity contribution >= 4 is 28.6 Å². The predicted octanol–water partition coefficient (Wildman–Crippen LogP) is 2.32. The van der Waals surface area contributed by atoms with Crippen molar-refractivity contribution in [3.8, 4) is 5.75 Å². The van der Waals surface area contributed by atoms with E-state index < -0.39 is 17.4 Å². The molecule has 0 radical (unpaired) electrons. The molecule has 0 aliphatic carbocycles. The molecule has 25 heavy (non-hydrogen) atoms. The third-order valence-electron chi connectivity index (χ3n) is 3.55. The number of ether oxygens (including phenoxy) is 1. The van der Waals surface area contributed by atoms with Gasteiger partial charge < -0.3 is 14.8 Å². The van der Waals surface area contributed by atoms with Crippen molar-refractivity contribution in [1.29, 1.82) is 0 Å². The van der Waals surface area contributed by atoms with Gasteiger partial charge in [0.05, 0.1) is 18.8 Å². The molecule has 7 heteroatoms. The highest BCUT2D eigenvalue weighted by Gasteiger charge is 2.24. The van der Waals surface area contributed by atoms with Crippen LogP contribution in [0.1, 0.15) is 31.3 Å². The molecule has 0 aliphatic heterocycles. The summed E-state index contributed by atoms with van der Waals surface area (Å²) in [6.45, 7) is 5.17. The van der Waals surface area contributed by atoms with Crippen LogP contribution >= 0.6 is 0 Å². The number of esters is 1. The molecule has 1 aromatic carbocycles. The summed E-state index contributed by atoms with van der Waals surface area (Å²) < 4.78 is 5.24. The zero-order valence-electron chi connectivity index (χ0n) is 14.8. The lowest BCUT2D eigenvalue weighted by molar-refractivity contribution is -0.140. The quantitative estimate of drug-likeness (QED) is 0.473. The van der Waals surface area contributed by atoms with Crippen LogP contribution in [0.4, 0.5) is 0 Å². The maximum Gasteiger partial charge on any atom is 0.325 e. The summed E-state index contributed by atoms with van der Waals surface area (Å²) >= 11 is 0. The Bertz CT molecular complexity index is 816. The molecule has 1 heterocycles. The van der Waals surface area contributed by atoms with Gasteiger partial charge in [-0.05, 0) is 31.3 Å². The summed E-state index contributed by atoms with van der Waals surface area (Å²) in [5, 5.41) is 9.45. The number of nitrogens with one attached hydrogen (secondary N) is 1. The molecule has 0 unspecified atom stereocenters. The SMILES string of the molecule is CN(CC(=O)O)CC(=O)Oc1ccc2[nH]c(C(=O)C(C)(C)C)cc2c1. The Morgan fingerprint density at radius 1 is 1.16 bits per heavy atom. The van der Waals surface area contributed by atoms with Crippen LogP contribution in [0.5, 0.6) is 5.75 Å². The van der Waals surface area contributed by atoms with E-state index >= 15 is 0 Å². The van der Waals surface area contributed by atoms with E-state index in [1.807, 2.05) is 20.8 Å². The first kappa shape index (κ1) is 18.7. The molecule has 0 amide bonds. The number of aromatic amines is 1. The fourth-order valence-corrected chi connectivity index (χ4v) is 2.37. The molecular weight excluding hydrogens is 324 g/mol. The third-order valence-corrected chi connectivity index (χ3v) is 3.55. The van der Waals surface area contributed by atoms with Gasteiger partial charge in [0.25, 0.3) is 0 Å². The lowest BCUT2D eigenvalue weighted by atomic mass is 9.89. The van der Waals surface area contributed by atoms with Crippen LogP contribution in [0, 0.1) is 5.41 Å². The van der Waals surface area contributed by atoms with Gasteiger partial charge in [-0.25, -0.2) is 0 Å². The number of benzene rings is 1. The number of likely N-dealkylation sites (N-methyl/N-ethyl adjacent to an activating group) is 1. The molecule has 0 fully saturated rings. The number of hydrogen-bond donors (Lipinski definition) is 2. The van der Waals surface area contributed by atoms with Crippen molar-refractivity contribution in [3.05, 3.63) is 30.0 Å². The highest BCUT2D eigenvalue weighted by Crippen LogP contribution is 2.26. The molecule has 0 saturated carbocycles. The molecule has 0 spiro atoms. The highest BCUT2D eigenvalue weighted by molar-refractivity contribution is 6.02. The largest absolute Gasteiger partial charge is 0.480 e. The molecule has 0 bridgehead atoms. The topological polar surface area (TPSA) is 99.7 Å². The van der Waals surface area contributed by atoms with Crippen molar-refractivity contribution in [2.24, 2.45) is 5.41 Å². The van der Waals surface area contributed by atoms with Crippen LogP contribution in [-0.2, 0) is 9.59 Å². The minimum absolute atomic E-state index is 0.00228. The number of carbonyl (C=O) groups is 3. The monoisotopic (exact) mass is 346 g/mol. The number of aromatic nitrogens is 1. The normalized spacial score (nSPS) is 11.7. The van der Waals surface area contributed by atoms with Gasteiger partial charge in [0, 0.05) is 16.3 Å². The Balaban J connectivity index is 2.12. The second-order valence-corrected chi connectivity index (χ2v) is 7.05. The molecule has 7 nitrogen and oxygen atoms in total. The fraction of sp³-hybridized carbons (Fsp3) is 0.389. The van der Waals surface area contributed by atoms with Crippen molar-refractivity contribution < 1.29 is 24.2 Å². The van der Waals surface area contributed by atoms with Gasteiger partial charge >= 0.3 is 11.9 Å². The molecule has 1 aromatic heterocycles. The number of hydrogen-bond acceptors (Lipinski definition) is 5. The number of carbonyl (C=O) groups excluding carboxylic acids is 2. The molecule has 2 rings (SSSR count). The molecule has 0 aliphatic rings. The van der Waals surface area contributed by atoms with Gasteiger partial charge in [0.15, 0.2) is 5.78 Å². The van der Waals surface area contributed by atoms with Gasteiger partial charge in [-0.15, -0.1) is 0 Å². The number of ketones is 1. The van der Waals surface area contributed by atoms with E-state index in [4.69, 9.17) is 9.84 Å². The Morgan fingerprint density at radius 2 is 1.84 bits per heavy atom. The Labute approximate surface area is 145 Å². The van der Waals surface area contributed by atoms with Gasteiger partial charge in [0.1, 0.15) is 5.75 Å². The van der Waals surface area contributed by atoms with Crippen LogP contribution < -0.4 is 4.74 Å². The number of carboxylic acids is 1. The number of carboxylic acid groups (broad SMARTS) is 1. The van der Waals surface area contributed by atoms with Crippen molar-refractivity contribution in [1.82, 2.24) is 9.88 Å². The van der Waals surface area contributed by atoms with Crippen molar-refractivity contribution in [2.45, 2.75) is 20.8 Å². The standard InChI is InChI=1S/C18H22N2O5/c1-18(2,3)17(24)14-8-11-7-12(5-6-13(11)19-14)25-16(23)10-20(4)9-15(21)22/h5-8,19H,9-10H2,1-4H3,(H,21,22). The van der Waals surface area contributed by atoms with E-state index in [2.05, 4.69) is 4.98 Å². The number of Topliss-reactive ketones (excluding diaryl/α,β-unsaturated/α-hetero) is 1.